The van der Waals surface area contributed by atoms with Crippen molar-refractivity contribution in [2.24, 2.45) is 11.7 Å². The Bertz CT molecular complexity index is 1140. The van der Waals surface area contributed by atoms with E-state index in [2.05, 4.69) is 15.6 Å². The number of carbonyl (C=O) groups is 4. The van der Waals surface area contributed by atoms with Gasteiger partial charge in [0.25, 0.3) is 5.91 Å². The van der Waals surface area contributed by atoms with E-state index in [4.69, 9.17) is 10.5 Å². The molecule has 2 aromatic rings. The second kappa shape index (κ2) is 10.4. The summed E-state index contributed by atoms with van der Waals surface area (Å²) < 4.78 is 5.23. The number of thiophene rings is 1. The van der Waals surface area contributed by atoms with Crippen LogP contribution in [0.4, 0.5) is 16.3 Å². The number of aromatic nitrogens is 1. The standard InChI is InChI=1S/C24H31N5O5S/c1-13-6-7-16(17-8-9-18(35-17)19(25)30)29(12-13)22(32)21(31)27-15-10-14(2)20(26-11-15)28-23(33)34-24(3,4)5/h8-11,13,16H,6-7,12H2,1-5H3,(H2,25,30)(H,27,31)(H,26,28,33)/t13-,16+/m1/s1. The second-order valence-corrected chi connectivity index (χ2v) is 10.8. The molecule has 1 saturated heterocycles. The van der Waals surface area contributed by atoms with E-state index in [1.165, 1.54) is 17.5 Å². The van der Waals surface area contributed by atoms with Crippen LogP contribution in [0.1, 0.15) is 66.7 Å². The van der Waals surface area contributed by atoms with Gasteiger partial charge in [-0.15, -0.1) is 11.3 Å². The average molecular weight is 502 g/mol. The van der Waals surface area contributed by atoms with Crippen molar-refractivity contribution in [3.8, 4) is 0 Å². The summed E-state index contributed by atoms with van der Waals surface area (Å²) in [6, 6.07) is 4.74. The minimum Gasteiger partial charge on any atom is -0.444 e. The Hall–Kier alpha value is -3.47. The number of carbonyl (C=O) groups excluding carboxylic acids is 4. The van der Waals surface area contributed by atoms with Crippen molar-refractivity contribution in [1.29, 1.82) is 0 Å². The van der Waals surface area contributed by atoms with Crippen molar-refractivity contribution in [1.82, 2.24) is 9.88 Å². The van der Waals surface area contributed by atoms with Gasteiger partial charge in [-0.05, 0) is 70.2 Å². The molecule has 10 nitrogen and oxygen atoms in total. The molecule has 0 saturated carbocycles. The number of aryl methyl sites for hydroxylation is 1. The van der Waals surface area contributed by atoms with Gasteiger partial charge in [0.05, 0.1) is 22.8 Å². The number of pyridine rings is 1. The Morgan fingerprint density at radius 2 is 1.89 bits per heavy atom. The highest BCUT2D eigenvalue weighted by Gasteiger charge is 2.35. The van der Waals surface area contributed by atoms with Crippen LogP contribution in [0.2, 0.25) is 0 Å². The summed E-state index contributed by atoms with van der Waals surface area (Å²) in [4.78, 5) is 56.4. The lowest BCUT2D eigenvalue weighted by Gasteiger charge is -2.37. The zero-order valence-electron chi connectivity index (χ0n) is 20.5. The minimum absolute atomic E-state index is 0.237. The number of likely N-dealkylation sites (tertiary alicyclic amines) is 1. The third-order valence-electron chi connectivity index (χ3n) is 5.43. The molecule has 3 heterocycles. The first-order valence-electron chi connectivity index (χ1n) is 11.3. The lowest BCUT2D eigenvalue weighted by molar-refractivity contribution is -0.146. The maximum atomic E-state index is 13.1. The van der Waals surface area contributed by atoms with Crippen LogP contribution in [-0.4, -0.2) is 45.8 Å². The third kappa shape index (κ3) is 6.78. The number of nitrogens with zero attached hydrogens (tertiary/aromatic N) is 2. The Morgan fingerprint density at radius 1 is 1.17 bits per heavy atom. The molecule has 35 heavy (non-hydrogen) atoms. The van der Waals surface area contributed by atoms with E-state index in [0.717, 1.165) is 11.3 Å². The van der Waals surface area contributed by atoms with Crippen LogP contribution in [-0.2, 0) is 14.3 Å². The molecular formula is C24H31N5O5S. The van der Waals surface area contributed by atoms with Crippen LogP contribution >= 0.6 is 11.3 Å². The fourth-order valence-electron chi connectivity index (χ4n) is 3.83. The molecular weight excluding hydrogens is 470 g/mol. The summed E-state index contributed by atoms with van der Waals surface area (Å²) in [5, 5.41) is 5.17. The summed E-state index contributed by atoms with van der Waals surface area (Å²) in [7, 11) is 0. The molecule has 188 valence electrons. The number of ether oxygens (including phenoxy) is 1. The average Bonchev–Trinajstić information content (AvgIpc) is 3.24. The molecule has 1 fully saturated rings. The van der Waals surface area contributed by atoms with E-state index in [1.807, 2.05) is 6.92 Å². The van der Waals surface area contributed by atoms with Gasteiger partial charge in [-0.3, -0.25) is 19.7 Å². The van der Waals surface area contributed by atoms with Gasteiger partial charge in [0, 0.05) is 11.4 Å². The number of anilines is 2. The molecule has 11 heteroatoms. The highest BCUT2D eigenvalue weighted by atomic mass is 32.1. The molecule has 2 atom stereocenters. The van der Waals surface area contributed by atoms with Crippen LogP contribution in [0.3, 0.4) is 0 Å². The zero-order chi connectivity index (χ0) is 25.9. The Balaban J connectivity index is 1.71. The normalized spacial score (nSPS) is 18.0. The van der Waals surface area contributed by atoms with Crippen molar-refractivity contribution in [2.75, 3.05) is 17.2 Å². The van der Waals surface area contributed by atoms with Gasteiger partial charge >= 0.3 is 17.9 Å². The molecule has 0 bridgehead atoms. The van der Waals surface area contributed by atoms with E-state index < -0.39 is 29.4 Å². The SMILES string of the molecule is Cc1cc(NC(=O)C(=O)N2C[C@H](C)CC[C@H]2c2ccc(C(N)=O)s2)cnc1NC(=O)OC(C)(C)C. The molecule has 4 N–H and O–H groups in total. The smallest absolute Gasteiger partial charge is 0.413 e. The van der Waals surface area contributed by atoms with Crippen LogP contribution < -0.4 is 16.4 Å². The Labute approximate surface area is 208 Å². The predicted molar refractivity (Wildman–Crippen MR) is 133 cm³/mol. The van der Waals surface area contributed by atoms with Crippen molar-refractivity contribution < 1.29 is 23.9 Å². The monoisotopic (exact) mass is 501 g/mol. The Morgan fingerprint density at radius 3 is 2.49 bits per heavy atom. The summed E-state index contributed by atoms with van der Waals surface area (Å²) in [5.41, 5.74) is 5.63. The summed E-state index contributed by atoms with van der Waals surface area (Å²) in [6.07, 6.45) is 2.30. The summed E-state index contributed by atoms with van der Waals surface area (Å²) in [5.74, 6) is -1.44. The lowest BCUT2D eigenvalue weighted by Crippen LogP contribution is -2.46. The first-order valence-corrected chi connectivity index (χ1v) is 12.1. The fourth-order valence-corrected chi connectivity index (χ4v) is 4.83. The highest BCUT2D eigenvalue weighted by molar-refractivity contribution is 7.14. The first kappa shape index (κ1) is 26.1. The van der Waals surface area contributed by atoms with E-state index in [9.17, 15) is 19.2 Å². The zero-order valence-corrected chi connectivity index (χ0v) is 21.3. The van der Waals surface area contributed by atoms with Gasteiger partial charge in [-0.1, -0.05) is 6.92 Å². The van der Waals surface area contributed by atoms with Gasteiger partial charge in [-0.2, -0.15) is 0 Å². The van der Waals surface area contributed by atoms with Gasteiger partial charge < -0.3 is 20.7 Å². The van der Waals surface area contributed by atoms with Crippen molar-refractivity contribution in [3.63, 3.8) is 0 Å². The Kier molecular flexibility index (Phi) is 7.79. The maximum Gasteiger partial charge on any atom is 0.413 e. The predicted octanol–water partition coefficient (Wildman–Crippen LogP) is 3.84. The quantitative estimate of drug-likeness (QED) is 0.543. The lowest BCUT2D eigenvalue weighted by atomic mass is 9.93. The first-order chi connectivity index (χ1) is 16.3. The highest BCUT2D eigenvalue weighted by Crippen LogP contribution is 2.37. The number of nitrogens with one attached hydrogen (secondary N) is 2. The van der Waals surface area contributed by atoms with Crippen LogP contribution in [0.15, 0.2) is 24.4 Å². The van der Waals surface area contributed by atoms with Gasteiger partial charge in [0.15, 0.2) is 0 Å². The maximum absolute atomic E-state index is 13.1. The number of hydrogen-bond donors (Lipinski definition) is 3. The number of nitrogens with two attached hydrogens (primary N) is 1. The van der Waals surface area contributed by atoms with Crippen LogP contribution in [0, 0.1) is 12.8 Å². The third-order valence-corrected chi connectivity index (χ3v) is 6.63. The summed E-state index contributed by atoms with van der Waals surface area (Å²) in [6.45, 7) is 9.44. The topological polar surface area (TPSA) is 144 Å². The molecule has 0 aromatic carbocycles. The van der Waals surface area contributed by atoms with Crippen molar-refractivity contribution in [3.05, 3.63) is 39.7 Å². The second-order valence-electron chi connectivity index (χ2n) is 9.69. The molecule has 1 aliphatic rings. The number of amides is 4. The molecule has 3 rings (SSSR count). The number of primary amides is 1. The van der Waals surface area contributed by atoms with Gasteiger partial charge in [-0.25, -0.2) is 9.78 Å². The van der Waals surface area contributed by atoms with Crippen molar-refractivity contribution in [2.45, 2.75) is 59.1 Å². The summed E-state index contributed by atoms with van der Waals surface area (Å²) >= 11 is 1.24. The molecule has 2 aromatic heterocycles. The van der Waals surface area contributed by atoms with E-state index in [-0.39, 0.29) is 17.8 Å². The minimum atomic E-state index is -0.787. The van der Waals surface area contributed by atoms with Gasteiger partial charge in [0.2, 0.25) is 0 Å². The fraction of sp³-hybridized carbons (Fsp3) is 0.458. The molecule has 0 spiro atoms. The molecule has 0 radical (unpaired) electrons. The number of rotatable bonds is 4. The van der Waals surface area contributed by atoms with Crippen LogP contribution in [0.5, 0.6) is 0 Å². The molecule has 0 aliphatic carbocycles. The van der Waals surface area contributed by atoms with E-state index in [1.54, 1.807) is 50.8 Å². The number of piperidine rings is 1. The van der Waals surface area contributed by atoms with E-state index in [0.29, 0.717) is 29.1 Å². The van der Waals surface area contributed by atoms with Gasteiger partial charge in [0.1, 0.15) is 11.4 Å². The molecule has 1 aliphatic heterocycles. The number of hydrogen-bond acceptors (Lipinski definition) is 7. The van der Waals surface area contributed by atoms with Crippen molar-refractivity contribution >= 4 is 46.7 Å². The van der Waals surface area contributed by atoms with Crippen LogP contribution in [0.25, 0.3) is 0 Å². The molecule has 4 amide bonds. The van der Waals surface area contributed by atoms with E-state index >= 15 is 0 Å². The largest absolute Gasteiger partial charge is 0.444 e. The molecule has 0 unspecified atom stereocenters.